The van der Waals surface area contributed by atoms with E-state index >= 15 is 0 Å². The first-order valence-corrected chi connectivity index (χ1v) is 5.71. The van der Waals surface area contributed by atoms with Gasteiger partial charge in [0.1, 0.15) is 11.6 Å². The van der Waals surface area contributed by atoms with Crippen molar-refractivity contribution in [2.75, 3.05) is 5.32 Å². The molecule has 0 fully saturated rings. The number of rotatable bonds is 3. The number of carbonyl (C=O) groups is 2. The number of halogens is 2. The average molecular weight is 293 g/mol. The molecule has 0 unspecified atom stereocenters. The van der Waals surface area contributed by atoms with Crippen LogP contribution >= 0.6 is 0 Å². The third-order valence-corrected chi connectivity index (χ3v) is 2.63. The molecule has 2 aromatic rings. The second kappa shape index (κ2) is 5.61. The van der Waals surface area contributed by atoms with Crippen molar-refractivity contribution in [1.82, 2.24) is 9.97 Å². The third-order valence-electron chi connectivity index (χ3n) is 2.63. The van der Waals surface area contributed by atoms with E-state index in [1.165, 1.54) is 13.1 Å². The summed E-state index contributed by atoms with van der Waals surface area (Å²) in [5.74, 6) is -4.50. The van der Waals surface area contributed by atoms with Gasteiger partial charge in [-0.1, -0.05) is 0 Å². The summed E-state index contributed by atoms with van der Waals surface area (Å²) in [6.45, 7) is 1.37. The summed E-state index contributed by atoms with van der Waals surface area (Å²) in [7, 11) is 0. The highest BCUT2D eigenvalue weighted by Gasteiger charge is 2.19. The number of aryl methyl sites for hydroxylation is 1. The van der Waals surface area contributed by atoms with Crippen molar-refractivity contribution in [2.24, 2.45) is 0 Å². The van der Waals surface area contributed by atoms with E-state index in [0.717, 1.165) is 12.3 Å². The predicted molar refractivity (Wildman–Crippen MR) is 68.0 cm³/mol. The molecule has 1 aromatic carbocycles. The normalized spacial score (nSPS) is 10.2. The minimum atomic E-state index is -1.39. The number of carboxylic acid groups (broad SMARTS) is 1. The summed E-state index contributed by atoms with van der Waals surface area (Å²) in [5.41, 5.74) is -0.819. The van der Waals surface area contributed by atoms with Crippen molar-refractivity contribution in [1.29, 1.82) is 0 Å². The zero-order chi connectivity index (χ0) is 15.6. The van der Waals surface area contributed by atoms with Gasteiger partial charge in [-0.25, -0.2) is 23.5 Å². The average Bonchev–Trinajstić information content (AvgIpc) is 2.43. The number of carboxylic acids is 1. The Morgan fingerprint density at radius 3 is 2.48 bits per heavy atom. The fourth-order valence-corrected chi connectivity index (χ4v) is 1.59. The van der Waals surface area contributed by atoms with Crippen molar-refractivity contribution in [3.8, 4) is 0 Å². The van der Waals surface area contributed by atoms with Gasteiger partial charge in [0, 0.05) is 18.5 Å². The van der Waals surface area contributed by atoms with Crippen molar-refractivity contribution in [2.45, 2.75) is 6.92 Å². The van der Waals surface area contributed by atoms with Crippen LogP contribution in [0.2, 0.25) is 0 Å². The zero-order valence-corrected chi connectivity index (χ0v) is 10.7. The van der Waals surface area contributed by atoms with E-state index in [1.807, 2.05) is 0 Å². The number of amides is 1. The number of anilines is 1. The molecule has 2 rings (SSSR count). The molecule has 0 aliphatic heterocycles. The Labute approximate surface area is 117 Å². The molecule has 21 heavy (non-hydrogen) atoms. The molecule has 2 N–H and O–H groups in total. The minimum Gasteiger partial charge on any atom is -0.476 e. The lowest BCUT2D eigenvalue weighted by Gasteiger charge is -2.08. The lowest BCUT2D eigenvalue weighted by molar-refractivity contribution is 0.0691. The number of carbonyl (C=O) groups excluding carboxylic acids is 1. The highest BCUT2D eigenvalue weighted by molar-refractivity contribution is 6.06. The Bertz CT molecular complexity index is 735. The smallest absolute Gasteiger partial charge is 0.358 e. The minimum absolute atomic E-state index is 0.0825. The van der Waals surface area contributed by atoms with Gasteiger partial charge in [-0.15, -0.1) is 0 Å². The zero-order valence-electron chi connectivity index (χ0n) is 10.7. The van der Waals surface area contributed by atoms with Crippen LogP contribution in [0.3, 0.4) is 0 Å². The molecule has 0 aliphatic rings. The molecule has 8 heteroatoms. The van der Waals surface area contributed by atoms with Crippen molar-refractivity contribution >= 4 is 17.7 Å². The predicted octanol–water partition coefficient (Wildman–Crippen LogP) is 2.01. The van der Waals surface area contributed by atoms with Gasteiger partial charge in [0.15, 0.2) is 11.5 Å². The van der Waals surface area contributed by atoms with E-state index in [2.05, 4.69) is 15.3 Å². The second-order valence-corrected chi connectivity index (χ2v) is 4.09. The molecule has 108 valence electrons. The lowest BCUT2D eigenvalue weighted by Crippen LogP contribution is -2.18. The van der Waals surface area contributed by atoms with E-state index in [0.29, 0.717) is 6.07 Å². The van der Waals surface area contributed by atoms with Crippen LogP contribution in [-0.4, -0.2) is 27.0 Å². The molecule has 0 aliphatic carbocycles. The molecule has 1 aromatic heterocycles. The third kappa shape index (κ3) is 2.99. The molecule has 0 saturated heterocycles. The number of aromatic carboxylic acids is 1. The molecule has 1 heterocycles. The van der Waals surface area contributed by atoms with Crippen LogP contribution in [0.5, 0.6) is 0 Å². The number of benzene rings is 1. The summed E-state index contributed by atoms with van der Waals surface area (Å²) in [6.07, 6.45) is 2.32. The second-order valence-electron chi connectivity index (χ2n) is 4.09. The standard InChI is InChI=1S/C13H9F2N3O3/c1-6-4-7(9(15)5-8(6)14)12(19)18-11-10(13(20)21)16-2-3-17-11/h2-5H,1H3,(H,20,21)(H,17,18,19). The van der Waals surface area contributed by atoms with Gasteiger partial charge in [0.2, 0.25) is 0 Å². The summed E-state index contributed by atoms with van der Waals surface area (Å²) in [6, 6.07) is 1.61. The maximum absolute atomic E-state index is 13.6. The molecule has 0 atom stereocenters. The Balaban J connectivity index is 2.35. The molecule has 0 radical (unpaired) electrons. The van der Waals surface area contributed by atoms with Gasteiger partial charge in [0.05, 0.1) is 5.56 Å². The summed E-state index contributed by atoms with van der Waals surface area (Å²) >= 11 is 0. The van der Waals surface area contributed by atoms with Crippen molar-refractivity contribution < 1.29 is 23.5 Å². The monoisotopic (exact) mass is 293 g/mol. The van der Waals surface area contributed by atoms with E-state index in [1.54, 1.807) is 0 Å². The molecular formula is C13H9F2N3O3. The molecule has 6 nitrogen and oxygen atoms in total. The Hall–Kier alpha value is -2.90. The largest absolute Gasteiger partial charge is 0.476 e. The fourth-order valence-electron chi connectivity index (χ4n) is 1.59. The van der Waals surface area contributed by atoms with Gasteiger partial charge >= 0.3 is 5.97 Å². The van der Waals surface area contributed by atoms with Gasteiger partial charge in [-0.3, -0.25) is 4.79 Å². The molecule has 1 amide bonds. The SMILES string of the molecule is Cc1cc(C(=O)Nc2nccnc2C(=O)O)c(F)cc1F. The number of hydrogen-bond donors (Lipinski definition) is 2. The Morgan fingerprint density at radius 2 is 1.81 bits per heavy atom. The van der Waals surface area contributed by atoms with Crippen LogP contribution in [0, 0.1) is 18.6 Å². The van der Waals surface area contributed by atoms with Crippen LogP contribution in [0.15, 0.2) is 24.5 Å². The van der Waals surface area contributed by atoms with Crippen LogP contribution < -0.4 is 5.32 Å². The van der Waals surface area contributed by atoms with Crippen LogP contribution in [0.25, 0.3) is 0 Å². The van der Waals surface area contributed by atoms with E-state index in [-0.39, 0.29) is 11.4 Å². The number of aromatic nitrogens is 2. The Morgan fingerprint density at radius 1 is 1.14 bits per heavy atom. The van der Waals surface area contributed by atoms with Crippen molar-refractivity contribution in [3.05, 3.63) is 53.0 Å². The molecule has 0 spiro atoms. The van der Waals surface area contributed by atoms with Crippen LogP contribution in [-0.2, 0) is 0 Å². The van der Waals surface area contributed by atoms with Gasteiger partial charge in [-0.05, 0) is 18.6 Å². The lowest BCUT2D eigenvalue weighted by atomic mass is 10.1. The fraction of sp³-hybridized carbons (Fsp3) is 0.0769. The van der Waals surface area contributed by atoms with E-state index in [4.69, 9.17) is 5.11 Å². The first-order valence-electron chi connectivity index (χ1n) is 5.71. The maximum Gasteiger partial charge on any atom is 0.358 e. The summed E-state index contributed by atoms with van der Waals surface area (Å²) < 4.78 is 26.7. The molecule has 0 saturated carbocycles. The highest BCUT2D eigenvalue weighted by Crippen LogP contribution is 2.16. The molecule has 0 bridgehead atoms. The number of nitrogens with zero attached hydrogens (tertiary/aromatic N) is 2. The summed E-state index contributed by atoms with van der Waals surface area (Å²) in [4.78, 5) is 30.1. The van der Waals surface area contributed by atoms with Crippen LogP contribution in [0.1, 0.15) is 26.4 Å². The van der Waals surface area contributed by atoms with Gasteiger partial charge < -0.3 is 10.4 Å². The van der Waals surface area contributed by atoms with E-state index < -0.39 is 34.8 Å². The highest BCUT2D eigenvalue weighted by atomic mass is 19.1. The quantitative estimate of drug-likeness (QED) is 0.903. The van der Waals surface area contributed by atoms with Crippen molar-refractivity contribution in [3.63, 3.8) is 0 Å². The van der Waals surface area contributed by atoms with Crippen LogP contribution in [0.4, 0.5) is 14.6 Å². The molecular weight excluding hydrogens is 284 g/mol. The van der Waals surface area contributed by atoms with E-state index in [9.17, 15) is 18.4 Å². The number of nitrogens with one attached hydrogen (secondary N) is 1. The van der Waals surface area contributed by atoms with Gasteiger partial charge in [0.25, 0.3) is 5.91 Å². The first-order chi connectivity index (χ1) is 9.90. The summed E-state index contributed by atoms with van der Waals surface area (Å²) in [5, 5.41) is 11.0. The van der Waals surface area contributed by atoms with Gasteiger partial charge in [-0.2, -0.15) is 0 Å². The number of hydrogen-bond acceptors (Lipinski definition) is 4. The first kappa shape index (κ1) is 14.5. The Kier molecular flexibility index (Phi) is 3.88. The maximum atomic E-state index is 13.6. The topological polar surface area (TPSA) is 92.2 Å².